The van der Waals surface area contributed by atoms with E-state index in [9.17, 15) is 21.6 Å². The lowest BCUT2D eigenvalue weighted by atomic mass is 9.60. The molecule has 0 bridgehead atoms. The van der Waals surface area contributed by atoms with Gasteiger partial charge >= 0.3 is 0 Å². The van der Waals surface area contributed by atoms with Gasteiger partial charge in [0.1, 0.15) is 0 Å². The van der Waals surface area contributed by atoms with Crippen molar-refractivity contribution >= 4 is 26.0 Å². The fourth-order valence-corrected chi connectivity index (χ4v) is 6.69. The van der Waals surface area contributed by atoms with Gasteiger partial charge in [0.05, 0.1) is 17.9 Å². The third-order valence-corrected chi connectivity index (χ3v) is 8.94. The monoisotopic (exact) mass is 393 g/mol. The van der Waals surface area contributed by atoms with Crippen molar-refractivity contribution in [1.82, 2.24) is 13.5 Å². The van der Waals surface area contributed by atoms with Crippen molar-refractivity contribution in [1.29, 1.82) is 0 Å². The molecule has 144 valence electrons. The summed E-state index contributed by atoms with van der Waals surface area (Å²) in [5, 5.41) is 0. The highest BCUT2D eigenvalue weighted by Crippen LogP contribution is 2.58. The van der Waals surface area contributed by atoms with E-state index in [0.29, 0.717) is 52.0 Å². The van der Waals surface area contributed by atoms with Gasteiger partial charge < -0.3 is 4.90 Å². The Morgan fingerprint density at radius 1 is 0.880 bits per heavy atom. The second-order valence-electron chi connectivity index (χ2n) is 7.69. The van der Waals surface area contributed by atoms with Crippen LogP contribution < -0.4 is 0 Å². The molecule has 2 spiro atoms. The molecule has 10 heteroatoms. The Kier molecular flexibility index (Phi) is 4.50. The largest absolute Gasteiger partial charge is 0.342 e. The number of piperidine rings is 1. The van der Waals surface area contributed by atoms with Crippen molar-refractivity contribution in [3.63, 3.8) is 0 Å². The lowest BCUT2D eigenvalue weighted by molar-refractivity contribution is -0.141. The zero-order valence-corrected chi connectivity index (χ0v) is 16.7. The van der Waals surface area contributed by atoms with Crippen molar-refractivity contribution in [2.75, 3.05) is 51.8 Å². The van der Waals surface area contributed by atoms with E-state index in [0.717, 1.165) is 0 Å². The van der Waals surface area contributed by atoms with E-state index in [1.165, 1.54) is 21.1 Å². The SMILES string of the molecule is CCN1CCC2(CN(S(C)(=O)=O)CC23CCN(S(C)(=O)=O)CC3)C1=O. The predicted molar refractivity (Wildman–Crippen MR) is 93.8 cm³/mol. The average Bonchev–Trinajstić information content (AvgIpc) is 2.99. The van der Waals surface area contributed by atoms with E-state index in [1.54, 1.807) is 4.90 Å². The lowest BCUT2D eigenvalue weighted by Crippen LogP contribution is -2.53. The number of carbonyl (C=O) groups is 1. The van der Waals surface area contributed by atoms with Crippen LogP contribution in [-0.4, -0.2) is 88.0 Å². The van der Waals surface area contributed by atoms with E-state index < -0.39 is 30.9 Å². The summed E-state index contributed by atoms with van der Waals surface area (Å²) >= 11 is 0. The Bertz CT molecular complexity index is 771. The molecule has 0 aromatic rings. The maximum absolute atomic E-state index is 13.2. The van der Waals surface area contributed by atoms with Crippen LogP contribution in [0.5, 0.6) is 0 Å². The summed E-state index contributed by atoms with van der Waals surface area (Å²) in [5.41, 5.74) is -1.19. The first-order valence-electron chi connectivity index (χ1n) is 8.65. The normalized spacial score (nSPS) is 31.5. The number of fused-ring (bicyclic) bond motifs is 1. The fraction of sp³-hybridized carbons (Fsp3) is 0.933. The number of carbonyl (C=O) groups excluding carboxylic acids is 1. The van der Waals surface area contributed by atoms with Crippen LogP contribution in [0, 0.1) is 10.8 Å². The summed E-state index contributed by atoms with van der Waals surface area (Å²) in [6, 6.07) is 0. The van der Waals surface area contributed by atoms with Crippen molar-refractivity contribution < 1.29 is 21.6 Å². The highest BCUT2D eigenvalue weighted by molar-refractivity contribution is 7.88. The van der Waals surface area contributed by atoms with Crippen LogP contribution >= 0.6 is 0 Å². The molecule has 3 heterocycles. The molecule has 1 atom stereocenters. The Morgan fingerprint density at radius 3 is 1.88 bits per heavy atom. The number of hydrogen-bond donors (Lipinski definition) is 0. The van der Waals surface area contributed by atoms with E-state index in [4.69, 9.17) is 0 Å². The van der Waals surface area contributed by atoms with Crippen LogP contribution in [0.25, 0.3) is 0 Å². The number of rotatable bonds is 3. The van der Waals surface area contributed by atoms with Crippen molar-refractivity contribution in [2.24, 2.45) is 10.8 Å². The third kappa shape index (κ3) is 2.90. The van der Waals surface area contributed by atoms with Gasteiger partial charge in [0.25, 0.3) is 0 Å². The maximum atomic E-state index is 13.2. The molecule has 0 aliphatic carbocycles. The molecular formula is C15H27N3O5S2. The Morgan fingerprint density at radius 2 is 1.44 bits per heavy atom. The highest BCUT2D eigenvalue weighted by atomic mass is 32.2. The summed E-state index contributed by atoms with van der Waals surface area (Å²) in [7, 11) is -6.67. The van der Waals surface area contributed by atoms with Crippen LogP contribution in [0.2, 0.25) is 0 Å². The topological polar surface area (TPSA) is 95.1 Å². The van der Waals surface area contributed by atoms with Gasteiger partial charge in [-0.15, -0.1) is 0 Å². The summed E-state index contributed by atoms with van der Waals surface area (Å²) in [4.78, 5) is 15.0. The number of nitrogens with zero attached hydrogens (tertiary/aromatic N) is 3. The van der Waals surface area contributed by atoms with Gasteiger partial charge in [-0.05, 0) is 26.2 Å². The van der Waals surface area contributed by atoms with Crippen LogP contribution in [0.15, 0.2) is 0 Å². The maximum Gasteiger partial charge on any atom is 0.230 e. The molecule has 3 aliphatic heterocycles. The minimum absolute atomic E-state index is 0.0361. The predicted octanol–water partition coefficient (Wildman–Crippen LogP) is -0.458. The summed E-state index contributed by atoms with van der Waals surface area (Å²) in [5.74, 6) is 0.0361. The molecule has 3 saturated heterocycles. The first-order valence-corrected chi connectivity index (χ1v) is 12.3. The second-order valence-corrected chi connectivity index (χ2v) is 11.7. The van der Waals surface area contributed by atoms with E-state index in [2.05, 4.69) is 0 Å². The molecular weight excluding hydrogens is 366 g/mol. The van der Waals surface area contributed by atoms with E-state index >= 15 is 0 Å². The molecule has 8 nitrogen and oxygen atoms in total. The molecule has 0 saturated carbocycles. The van der Waals surface area contributed by atoms with Crippen molar-refractivity contribution in [2.45, 2.75) is 26.2 Å². The van der Waals surface area contributed by atoms with Gasteiger partial charge in [-0.1, -0.05) is 0 Å². The van der Waals surface area contributed by atoms with Gasteiger partial charge in [0.2, 0.25) is 26.0 Å². The van der Waals surface area contributed by atoms with Crippen molar-refractivity contribution in [3.05, 3.63) is 0 Å². The molecule has 3 rings (SSSR count). The number of likely N-dealkylation sites (tertiary alicyclic amines) is 1. The first kappa shape index (κ1) is 19.1. The Balaban J connectivity index is 1.97. The highest BCUT2D eigenvalue weighted by Gasteiger charge is 2.66. The second kappa shape index (κ2) is 5.90. The number of hydrogen-bond acceptors (Lipinski definition) is 5. The lowest BCUT2D eigenvalue weighted by Gasteiger charge is -2.46. The van der Waals surface area contributed by atoms with Crippen LogP contribution in [0.3, 0.4) is 0 Å². The molecule has 1 amide bonds. The van der Waals surface area contributed by atoms with Crippen LogP contribution in [-0.2, 0) is 24.8 Å². The number of amides is 1. The van der Waals surface area contributed by atoms with Gasteiger partial charge in [-0.3, -0.25) is 4.79 Å². The molecule has 0 aromatic heterocycles. The molecule has 1 unspecified atom stereocenters. The average molecular weight is 394 g/mol. The van der Waals surface area contributed by atoms with Crippen LogP contribution in [0.4, 0.5) is 0 Å². The van der Waals surface area contributed by atoms with E-state index in [-0.39, 0.29) is 12.5 Å². The third-order valence-electron chi connectivity index (χ3n) is 6.44. The standard InChI is InChI=1S/C15H27N3O5S2/c1-4-16-8-7-15(13(16)19)12-18(25(3,22)23)11-14(15)5-9-17(10-6-14)24(2,20)21/h4-12H2,1-3H3. The Labute approximate surface area is 150 Å². The molecule has 3 fully saturated rings. The minimum Gasteiger partial charge on any atom is -0.342 e. The van der Waals surface area contributed by atoms with Gasteiger partial charge in [-0.2, -0.15) is 0 Å². The number of sulfonamides is 2. The summed E-state index contributed by atoms with van der Waals surface area (Å²) in [6.07, 6.45) is 4.06. The molecule has 25 heavy (non-hydrogen) atoms. The molecule has 3 aliphatic rings. The molecule has 0 radical (unpaired) electrons. The molecule has 0 aromatic carbocycles. The van der Waals surface area contributed by atoms with E-state index in [1.807, 2.05) is 6.92 Å². The minimum atomic E-state index is -3.40. The quantitative estimate of drug-likeness (QED) is 0.647. The molecule has 0 N–H and O–H groups in total. The van der Waals surface area contributed by atoms with Crippen molar-refractivity contribution in [3.8, 4) is 0 Å². The van der Waals surface area contributed by atoms with Crippen LogP contribution in [0.1, 0.15) is 26.2 Å². The summed E-state index contributed by atoms with van der Waals surface area (Å²) < 4.78 is 50.9. The fourth-order valence-electron chi connectivity index (χ4n) is 4.91. The smallest absolute Gasteiger partial charge is 0.230 e. The Hall–Kier alpha value is -0.710. The first-order chi connectivity index (χ1) is 11.5. The zero-order valence-electron chi connectivity index (χ0n) is 15.1. The van der Waals surface area contributed by atoms with Gasteiger partial charge in [-0.25, -0.2) is 25.4 Å². The summed E-state index contributed by atoms with van der Waals surface area (Å²) in [6.45, 7) is 4.41. The van der Waals surface area contributed by atoms with Gasteiger partial charge in [0, 0.05) is 44.7 Å². The van der Waals surface area contributed by atoms with Gasteiger partial charge in [0.15, 0.2) is 0 Å². The zero-order chi connectivity index (χ0) is 18.7.